The molecule has 0 saturated carbocycles. The molecule has 0 bridgehead atoms. The number of anilines is 1. The Bertz CT molecular complexity index is 1230. The van der Waals surface area contributed by atoms with Crippen molar-refractivity contribution in [2.75, 3.05) is 18.5 Å². The van der Waals surface area contributed by atoms with Crippen LogP contribution in [0.2, 0.25) is 0 Å². The van der Waals surface area contributed by atoms with E-state index in [1.807, 2.05) is 37.4 Å². The molecular weight excluding hydrogens is 386 g/mol. The van der Waals surface area contributed by atoms with Crippen LogP contribution in [0.15, 0.2) is 36.7 Å². The molecule has 0 aliphatic carbocycles. The van der Waals surface area contributed by atoms with Crippen LogP contribution >= 0.6 is 11.3 Å². The van der Waals surface area contributed by atoms with Gasteiger partial charge in [0.25, 0.3) is 0 Å². The molecule has 0 radical (unpaired) electrons. The highest BCUT2D eigenvalue weighted by Gasteiger charge is 2.20. The van der Waals surface area contributed by atoms with Gasteiger partial charge in [-0.2, -0.15) is 10.4 Å². The van der Waals surface area contributed by atoms with Gasteiger partial charge in [0.2, 0.25) is 0 Å². The predicted molar refractivity (Wildman–Crippen MR) is 110 cm³/mol. The summed E-state index contributed by atoms with van der Waals surface area (Å²) in [5.74, 6) is 0. The minimum absolute atomic E-state index is 0.249. The third-order valence-electron chi connectivity index (χ3n) is 4.84. The van der Waals surface area contributed by atoms with Gasteiger partial charge in [-0.15, -0.1) is 10.2 Å². The monoisotopic (exact) mass is 403 g/mol. The highest BCUT2D eigenvalue weighted by atomic mass is 32.1. The van der Waals surface area contributed by atoms with Gasteiger partial charge in [0.05, 0.1) is 46.9 Å². The summed E-state index contributed by atoms with van der Waals surface area (Å²) < 4.78 is 7.31. The fourth-order valence-electron chi connectivity index (χ4n) is 3.41. The molecule has 29 heavy (non-hydrogen) atoms. The van der Waals surface area contributed by atoms with Crippen LogP contribution in [0.4, 0.5) is 5.69 Å². The standard InChI is InChI=1S/C20H17N7OS/c1-12-25-26-20(29-12)16-10-22-18(7-17(16)24-14-4-5-28-11-14)19-3-2-15-6-13(8-21)9-23-27(15)19/h2-3,6-7,9-10,14H,4-5,11H2,1H3,(H,22,24). The SMILES string of the molecule is Cc1nnc(-c2cnc(-c3ccc4cc(C#N)cnn34)cc2NC2CCOC2)s1. The number of fused-ring (bicyclic) bond motifs is 1. The maximum absolute atomic E-state index is 9.09. The zero-order chi connectivity index (χ0) is 19.8. The number of aryl methyl sites for hydroxylation is 1. The molecule has 1 N–H and O–H groups in total. The van der Waals surface area contributed by atoms with E-state index in [1.165, 1.54) is 0 Å². The maximum Gasteiger partial charge on any atom is 0.151 e. The van der Waals surface area contributed by atoms with Gasteiger partial charge in [-0.3, -0.25) is 4.98 Å². The van der Waals surface area contributed by atoms with E-state index in [-0.39, 0.29) is 6.04 Å². The Morgan fingerprint density at radius 3 is 2.97 bits per heavy atom. The zero-order valence-electron chi connectivity index (χ0n) is 15.7. The van der Waals surface area contributed by atoms with Crippen LogP contribution < -0.4 is 5.32 Å². The summed E-state index contributed by atoms with van der Waals surface area (Å²) in [5, 5.41) is 27.3. The Morgan fingerprint density at radius 1 is 1.28 bits per heavy atom. The molecule has 1 atom stereocenters. The van der Waals surface area contributed by atoms with Crippen molar-refractivity contribution in [2.24, 2.45) is 0 Å². The van der Waals surface area contributed by atoms with Gasteiger partial charge in [-0.05, 0) is 37.6 Å². The van der Waals surface area contributed by atoms with Gasteiger partial charge in [-0.1, -0.05) is 11.3 Å². The lowest BCUT2D eigenvalue weighted by atomic mass is 10.1. The third kappa shape index (κ3) is 3.33. The molecule has 0 aromatic carbocycles. The quantitative estimate of drug-likeness (QED) is 0.558. The highest BCUT2D eigenvalue weighted by molar-refractivity contribution is 7.14. The van der Waals surface area contributed by atoms with E-state index >= 15 is 0 Å². The highest BCUT2D eigenvalue weighted by Crippen LogP contribution is 2.34. The van der Waals surface area contributed by atoms with E-state index in [0.29, 0.717) is 12.2 Å². The average Bonchev–Trinajstić information content (AvgIpc) is 3.48. The first-order chi connectivity index (χ1) is 14.2. The molecule has 1 saturated heterocycles. The number of hydrogen-bond acceptors (Lipinski definition) is 8. The van der Waals surface area contributed by atoms with Crippen molar-refractivity contribution < 1.29 is 4.74 Å². The fourth-order valence-corrected chi connectivity index (χ4v) is 4.13. The van der Waals surface area contributed by atoms with Gasteiger partial charge in [0.1, 0.15) is 11.1 Å². The van der Waals surface area contributed by atoms with Crippen molar-refractivity contribution >= 4 is 22.5 Å². The number of aromatic nitrogens is 5. The lowest BCUT2D eigenvalue weighted by Gasteiger charge is -2.16. The predicted octanol–water partition coefficient (Wildman–Crippen LogP) is 3.30. The van der Waals surface area contributed by atoms with Crippen molar-refractivity contribution in [3.8, 4) is 28.0 Å². The summed E-state index contributed by atoms with van der Waals surface area (Å²) in [4.78, 5) is 4.68. The normalized spacial score (nSPS) is 16.2. The van der Waals surface area contributed by atoms with Gasteiger partial charge in [0.15, 0.2) is 5.01 Å². The first kappa shape index (κ1) is 17.7. The minimum Gasteiger partial charge on any atom is -0.379 e. The maximum atomic E-state index is 9.09. The number of ether oxygens (including phenoxy) is 1. The van der Waals surface area contributed by atoms with E-state index in [9.17, 15) is 0 Å². The molecule has 4 aromatic rings. The van der Waals surface area contributed by atoms with Crippen LogP contribution in [0, 0.1) is 18.3 Å². The van der Waals surface area contributed by atoms with Crippen molar-refractivity contribution in [3.63, 3.8) is 0 Å². The molecule has 8 nitrogen and oxygen atoms in total. The fraction of sp³-hybridized carbons (Fsp3) is 0.250. The Morgan fingerprint density at radius 2 is 2.21 bits per heavy atom. The van der Waals surface area contributed by atoms with Crippen LogP contribution in [-0.2, 0) is 4.74 Å². The van der Waals surface area contributed by atoms with E-state index in [1.54, 1.807) is 22.0 Å². The molecule has 0 spiro atoms. The molecule has 144 valence electrons. The van der Waals surface area contributed by atoms with Crippen molar-refractivity contribution in [3.05, 3.63) is 47.2 Å². The Hall–Kier alpha value is -3.35. The number of rotatable bonds is 4. The molecule has 9 heteroatoms. The van der Waals surface area contributed by atoms with Crippen molar-refractivity contribution in [2.45, 2.75) is 19.4 Å². The van der Waals surface area contributed by atoms with Crippen LogP contribution in [0.1, 0.15) is 17.0 Å². The van der Waals surface area contributed by atoms with Gasteiger partial charge < -0.3 is 10.1 Å². The first-order valence-electron chi connectivity index (χ1n) is 9.24. The molecule has 0 amide bonds. The molecule has 5 heterocycles. The second kappa shape index (κ2) is 7.24. The number of nitrogens with one attached hydrogen (secondary N) is 1. The lowest BCUT2D eigenvalue weighted by Crippen LogP contribution is -2.19. The first-order valence-corrected chi connectivity index (χ1v) is 10.1. The minimum atomic E-state index is 0.249. The molecule has 1 aliphatic rings. The summed E-state index contributed by atoms with van der Waals surface area (Å²) >= 11 is 1.54. The Kier molecular flexibility index (Phi) is 4.42. The van der Waals surface area contributed by atoms with Crippen LogP contribution in [-0.4, -0.2) is 44.1 Å². The largest absolute Gasteiger partial charge is 0.379 e. The summed E-state index contributed by atoms with van der Waals surface area (Å²) in [6.45, 7) is 3.38. The van der Waals surface area contributed by atoms with E-state index in [2.05, 4.69) is 31.7 Å². The third-order valence-corrected chi connectivity index (χ3v) is 5.71. The molecule has 4 aromatic heterocycles. The summed E-state index contributed by atoms with van der Waals surface area (Å²) in [5.41, 5.74) is 4.89. The molecule has 1 aliphatic heterocycles. The smallest absolute Gasteiger partial charge is 0.151 e. The number of nitriles is 1. The molecule has 1 unspecified atom stereocenters. The zero-order valence-corrected chi connectivity index (χ0v) is 16.5. The van der Waals surface area contributed by atoms with Crippen LogP contribution in [0.5, 0.6) is 0 Å². The molecule has 5 rings (SSSR count). The summed E-state index contributed by atoms with van der Waals surface area (Å²) in [6.07, 6.45) is 4.35. The Balaban J connectivity index is 1.60. The average molecular weight is 403 g/mol. The second-order valence-corrected chi connectivity index (χ2v) is 8.04. The van der Waals surface area contributed by atoms with Crippen molar-refractivity contribution in [1.82, 2.24) is 24.8 Å². The van der Waals surface area contributed by atoms with Gasteiger partial charge in [0, 0.05) is 18.5 Å². The summed E-state index contributed by atoms with van der Waals surface area (Å²) in [6, 6.07) is 10.1. The van der Waals surface area contributed by atoms with Gasteiger partial charge in [-0.25, -0.2) is 4.52 Å². The number of pyridine rings is 1. The van der Waals surface area contributed by atoms with Crippen LogP contribution in [0.25, 0.3) is 27.5 Å². The summed E-state index contributed by atoms with van der Waals surface area (Å²) in [7, 11) is 0. The van der Waals surface area contributed by atoms with E-state index in [4.69, 9.17) is 10.00 Å². The van der Waals surface area contributed by atoms with Gasteiger partial charge >= 0.3 is 0 Å². The number of hydrogen-bond donors (Lipinski definition) is 1. The Labute approximate surface area is 170 Å². The second-order valence-electron chi connectivity index (χ2n) is 6.86. The lowest BCUT2D eigenvalue weighted by molar-refractivity contribution is 0.195. The molecular formula is C20H17N7OS. The van der Waals surface area contributed by atoms with Crippen molar-refractivity contribution in [1.29, 1.82) is 5.26 Å². The van der Waals surface area contributed by atoms with E-state index < -0.39 is 0 Å². The van der Waals surface area contributed by atoms with E-state index in [0.717, 1.165) is 51.2 Å². The van der Waals surface area contributed by atoms with Crippen LogP contribution in [0.3, 0.4) is 0 Å². The number of nitrogens with zero attached hydrogens (tertiary/aromatic N) is 6. The molecule has 1 fully saturated rings. The topological polar surface area (TPSA) is 101 Å².